The quantitative estimate of drug-likeness (QED) is 0.906. The fourth-order valence-electron chi connectivity index (χ4n) is 3.29. The lowest BCUT2D eigenvalue weighted by molar-refractivity contribution is -0.133. The monoisotopic (exact) mass is 324 g/mol. The van der Waals surface area contributed by atoms with E-state index in [4.69, 9.17) is 0 Å². The summed E-state index contributed by atoms with van der Waals surface area (Å²) in [5, 5.41) is 12.8. The van der Waals surface area contributed by atoms with Gasteiger partial charge in [-0.15, -0.1) is 0 Å². The lowest BCUT2D eigenvalue weighted by atomic mass is 9.81. The molecule has 1 aliphatic heterocycles. The van der Waals surface area contributed by atoms with Gasteiger partial charge in [-0.3, -0.25) is 4.79 Å². The molecule has 1 aromatic carbocycles. The van der Waals surface area contributed by atoms with Crippen LogP contribution >= 0.6 is 0 Å². The van der Waals surface area contributed by atoms with Crippen molar-refractivity contribution < 1.29 is 9.90 Å². The Labute approximate surface area is 140 Å². The number of allylic oxidation sites excluding steroid dienone is 1. The smallest absolute Gasteiger partial charge is 0.334 e. The summed E-state index contributed by atoms with van der Waals surface area (Å²) in [4.78, 5) is 24.8. The number of carboxylic acids is 1. The number of pyridine rings is 1. The number of anilines is 1. The predicted molar refractivity (Wildman–Crippen MR) is 93.2 cm³/mol. The highest BCUT2D eigenvalue weighted by atomic mass is 16.4. The van der Waals surface area contributed by atoms with E-state index < -0.39 is 11.9 Å². The highest BCUT2D eigenvalue weighted by molar-refractivity contribution is 5.93. The number of carbonyl (C=O) groups is 1. The Morgan fingerprint density at radius 2 is 1.96 bits per heavy atom. The van der Waals surface area contributed by atoms with E-state index in [0.717, 1.165) is 12.0 Å². The van der Waals surface area contributed by atoms with Crippen LogP contribution < -0.4 is 10.9 Å². The van der Waals surface area contributed by atoms with Crippen LogP contribution in [-0.2, 0) is 11.3 Å². The van der Waals surface area contributed by atoms with Gasteiger partial charge in [0.25, 0.3) is 5.56 Å². The maximum absolute atomic E-state index is 13.0. The van der Waals surface area contributed by atoms with Crippen LogP contribution in [0, 0.1) is 0 Å². The lowest BCUT2D eigenvalue weighted by Gasteiger charge is -2.29. The molecule has 2 aromatic rings. The summed E-state index contributed by atoms with van der Waals surface area (Å²) in [5.41, 5.74) is 2.64. The number of benzene rings is 1. The fourth-order valence-corrected chi connectivity index (χ4v) is 3.29. The summed E-state index contributed by atoms with van der Waals surface area (Å²) in [6, 6.07) is 11.2. The van der Waals surface area contributed by atoms with Crippen LogP contribution in [0.15, 0.2) is 58.7 Å². The van der Waals surface area contributed by atoms with E-state index in [2.05, 4.69) is 5.32 Å². The van der Waals surface area contributed by atoms with Crippen LogP contribution in [0.3, 0.4) is 0 Å². The van der Waals surface area contributed by atoms with Gasteiger partial charge in [0.2, 0.25) is 0 Å². The van der Waals surface area contributed by atoms with Crippen molar-refractivity contribution in [3.8, 4) is 0 Å². The van der Waals surface area contributed by atoms with Gasteiger partial charge >= 0.3 is 5.97 Å². The van der Waals surface area contributed by atoms with Gasteiger partial charge in [0.15, 0.2) is 0 Å². The Bertz CT molecular complexity index is 866. The van der Waals surface area contributed by atoms with Gasteiger partial charge in [0.05, 0.1) is 17.1 Å². The van der Waals surface area contributed by atoms with Crippen LogP contribution in [0.4, 0.5) is 5.69 Å². The zero-order valence-electron chi connectivity index (χ0n) is 13.7. The minimum absolute atomic E-state index is 0.137. The summed E-state index contributed by atoms with van der Waals surface area (Å²) < 4.78 is 1.65. The van der Waals surface area contributed by atoms with Crippen molar-refractivity contribution in [3.63, 3.8) is 0 Å². The predicted octanol–water partition coefficient (Wildman–Crippen LogP) is 3.17. The van der Waals surface area contributed by atoms with E-state index in [1.807, 2.05) is 43.3 Å². The highest BCUT2D eigenvalue weighted by Gasteiger charge is 2.34. The summed E-state index contributed by atoms with van der Waals surface area (Å²) >= 11 is 0. The van der Waals surface area contributed by atoms with Gasteiger partial charge in [-0.05, 0) is 25.0 Å². The number of carboxylic acid groups (broad SMARTS) is 1. The molecule has 5 heteroatoms. The van der Waals surface area contributed by atoms with Crippen LogP contribution in [0.5, 0.6) is 0 Å². The molecule has 0 aliphatic carbocycles. The first kappa shape index (κ1) is 16.1. The van der Waals surface area contributed by atoms with Crippen LogP contribution in [-0.4, -0.2) is 15.6 Å². The average molecular weight is 324 g/mol. The summed E-state index contributed by atoms with van der Waals surface area (Å²) in [6.45, 7) is 4.35. The molecular formula is C19H20N2O3. The molecule has 24 heavy (non-hydrogen) atoms. The van der Waals surface area contributed by atoms with Crippen LogP contribution in [0.2, 0.25) is 0 Å². The number of nitrogens with zero attached hydrogens (tertiary/aromatic N) is 1. The number of aromatic nitrogens is 1. The Morgan fingerprint density at radius 3 is 2.58 bits per heavy atom. The van der Waals surface area contributed by atoms with Crippen molar-refractivity contribution in [2.24, 2.45) is 0 Å². The summed E-state index contributed by atoms with van der Waals surface area (Å²) in [7, 11) is 0. The Kier molecular flexibility index (Phi) is 4.25. The van der Waals surface area contributed by atoms with Gasteiger partial charge in [0.1, 0.15) is 0 Å². The van der Waals surface area contributed by atoms with Crippen LogP contribution in [0.1, 0.15) is 37.3 Å². The Hall–Kier alpha value is -2.82. The van der Waals surface area contributed by atoms with E-state index in [-0.39, 0.29) is 11.1 Å². The number of hydrogen-bond donors (Lipinski definition) is 2. The topological polar surface area (TPSA) is 71.3 Å². The molecule has 0 fully saturated rings. The van der Waals surface area contributed by atoms with Crippen molar-refractivity contribution in [1.82, 2.24) is 4.57 Å². The first-order valence-electron chi connectivity index (χ1n) is 8.04. The third-order valence-electron chi connectivity index (χ3n) is 4.33. The van der Waals surface area contributed by atoms with Crippen molar-refractivity contribution in [2.45, 2.75) is 32.7 Å². The van der Waals surface area contributed by atoms with E-state index in [9.17, 15) is 14.7 Å². The van der Waals surface area contributed by atoms with Crippen molar-refractivity contribution >= 4 is 11.7 Å². The second-order valence-electron chi connectivity index (χ2n) is 5.95. The molecule has 0 saturated carbocycles. The minimum atomic E-state index is -1.01. The molecule has 1 aliphatic rings. The molecule has 0 radical (unpaired) electrons. The third-order valence-corrected chi connectivity index (χ3v) is 4.33. The van der Waals surface area contributed by atoms with E-state index in [1.54, 1.807) is 17.7 Å². The van der Waals surface area contributed by atoms with Gasteiger partial charge in [-0.25, -0.2) is 4.79 Å². The molecular weight excluding hydrogens is 304 g/mol. The maximum Gasteiger partial charge on any atom is 0.334 e. The average Bonchev–Trinajstić information content (AvgIpc) is 2.57. The number of fused-ring (bicyclic) bond motifs is 1. The molecule has 5 nitrogen and oxygen atoms in total. The molecule has 2 N–H and O–H groups in total. The molecule has 0 amide bonds. The Morgan fingerprint density at radius 1 is 1.25 bits per heavy atom. The van der Waals surface area contributed by atoms with Gasteiger partial charge in [0, 0.05) is 24.1 Å². The minimum Gasteiger partial charge on any atom is -0.478 e. The van der Waals surface area contributed by atoms with E-state index in [0.29, 0.717) is 23.5 Å². The fraction of sp³-hybridized carbons (Fsp3) is 0.263. The zero-order chi connectivity index (χ0) is 17.3. The van der Waals surface area contributed by atoms with Gasteiger partial charge in [-0.2, -0.15) is 0 Å². The van der Waals surface area contributed by atoms with E-state index in [1.165, 1.54) is 0 Å². The van der Waals surface area contributed by atoms with Crippen molar-refractivity contribution in [1.29, 1.82) is 0 Å². The highest BCUT2D eigenvalue weighted by Crippen LogP contribution is 2.39. The summed E-state index contributed by atoms with van der Waals surface area (Å²) in [6.07, 6.45) is 2.60. The number of hydrogen-bond acceptors (Lipinski definition) is 3. The number of nitrogens with one attached hydrogen (secondary N) is 1. The summed E-state index contributed by atoms with van der Waals surface area (Å²) in [5.74, 6) is -1.58. The standard InChI is InChI=1S/C19H20N2O3/c1-3-10-21-11-9-14-17(18(21)22)16(13-7-5-4-6-8-13)15(19(23)24)12(2)20-14/h4-9,11,16,20H,3,10H2,1-2H3,(H,23,24). The molecule has 1 aromatic heterocycles. The van der Waals surface area contributed by atoms with Crippen molar-refractivity contribution in [2.75, 3.05) is 5.32 Å². The third kappa shape index (κ3) is 2.62. The first-order valence-corrected chi connectivity index (χ1v) is 8.04. The van der Waals surface area contributed by atoms with Crippen LogP contribution in [0.25, 0.3) is 0 Å². The normalized spacial score (nSPS) is 16.5. The second kappa shape index (κ2) is 6.35. The number of aliphatic carboxylic acids is 1. The Balaban J connectivity index is 2.29. The number of aryl methyl sites for hydroxylation is 1. The van der Waals surface area contributed by atoms with Gasteiger partial charge in [-0.1, -0.05) is 37.3 Å². The number of rotatable bonds is 4. The zero-order valence-corrected chi connectivity index (χ0v) is 13.7. The molecule has 0 bridgehead atoms. The van der Waals surface area contributed by atoms with E-state index >= 15 is 0 Å². The molecule has 124 valence electrons. The van der Waals surface area contributed by atoms with Gasteiger partial charge < -0.3 is 15.0 Å². The molecule has 3 rings (SSSR count). The van der Waals surface area contributed by atoms with Crippen molar-refractivity contribution in [3.05, 3.63) is 75.3 Å². The second-order valence-corrected chi connectivity index (χ2v) is 5.95. The molecule has 0 spiro atoms. The molecule has 1 atom stereocenters. The molecule has 1 unspecified atom stereocenters. The molecule has 2 heterocycles. The SMILES string of the molecule is CCCn1ccc2c(c1=O)C(c1ccccc1)C(C(=O)O)=C(C)N2. The lowest BCUT2D eigenvalue weighted by Crippen LogP contribution is -2.32. The maximum atomic E-state index is 13.0. The first-order chi connectivity index (χ1) is 11.5. The largest absolute Gasteiger partial charge is 0.478 e. The molecule has 0 saturated heterocycles.